The standard InChI is InChI=1S/C21H23N5O2/c27-21(20-16-26(24-23-20)15-17-4-2-1-3-5-17)22-19-8-6-18(7-9-19)14-25-10-12-28-13-11-25/h1-9,16H,10-15H2,(H,22,27). The molecular weight excluding hydrogens is 354 g/mol. The Bertz CT molecular complexity index is 902. The molecular formula is C21H23N5O2. The Kier molecular flexibility index (Phi) is 5.75. The summed E-state index contributed by atoms with van der Waals surface area (Å²) in [6.07, 6.45) is 1.66. The van der Waals surface area contributed by atoms with E-state index in [0.717, 1.165) is 44.1 Å². The number of carbonyl (C=O) groups is 1. The van der Waals surface area contributed by atoms with Gasteiger partial charge in [0.25, 0.3) is 5.91 Å². The summed E-state index contributed by atoms with van der Waals surface area (Å²) >= 11 is 0. The van der Waals surface area contributed by atoms with E-state index in [2.05, 4.69) is 20.5 Å². The Labute approximate surface area is 163 Å². The second-order valence-corrected chi connectivity index (χ2v) is 6.83. The largest absolute Gasteiger partial charge is 0.379 e. The topological polar surface area (TPSA) is 72.3 Å². The van der Waals surface area contributed by atoms with Crippen molar-refractivity contribution in [2.75, 3.05) is 31.6 Å². The zero-order valence-corrected chi connectivity index (χ0v) is 15.6. The minimum atomic E-state index is -0.264. The molecule has 1 aliphatic heterocycles. The summed E-state index contributed by atoms with van der Waals surface area (Å²) in [6.45, 7) is 4.97. The van der Waals surface area contributed by atoms with Crippen LogP contribution in [0, 0.1) is 0 Å². The van der Waals surface area contributed by atoms with E-state index in [-0.39, 0.29) is 5.91 Å². The lowest BCUT2D eigenvalue weighted by molar-refractivity contribution is 0.0342. The maximum Gasteiger partial charge on any atom is 0.277 e. The molecule has 144 valence electrons. The Morgan fingerprint density at radius 2 is 1.68 bits per heavy atom. The minimum Gasteiger partial charge on any atom is -0.379 e. The number of ether oxygens (including phenoxy) is 1. The molecule has 0 radical (unpaired) electrons. The third kappa shape index (κ3) is 4.82. The first-order valence-electron chi connectivity index (χ1n) is 9.41. The van der Waals surface area contributed by atoms with Crippen LogP contribution in [0.5, 0.6) is 0 Å². The SMILES string of the molecule is O=C(Nc1ccc(CN2CCOCC2)cc1)c1cn(Cc2ccccc2)nn1. The second-order valence-electron chi connectivity index (χ2n) is 6.83. The summed E-state index contributed by atoms with van der Waals surface area (Å²) in [5, 5.41) is 10.9. The zero-order chi connectivity index (χ0) is 19.2. The van der Waals surface area contributed by atoms with Gasteiger partial charge in [-0.05, 0) is 23.3 Å². The molecule has 1 saturated heterocycles. The molecule has 0 saturated carbocycles. The highest BCUT2D eigenvalue weighted by molar-refractivity contribution is 6.02. The maximum atomic E-state index is 12.4. The van der Waals surface area contributed by atoms with Crippen molar-refractivity contribution in [3.63, 3.8) is 0 Å². The van der Waals surface area contributed by atoms with Gasteiger partial charge in [0.2, 0.25) is 0 Å². The van der Waals surface area contributed by atoms with Crippen LogP contribution >= 0.6 is 0 Å². The number of amides is 1. The highest BCUT2D eigenvalue weighted by Gasteiger charge is 2.13. The van der Waals surface area contributed by atoms with Gasteiger partial charge in [0.05, 0.1) is 26.0 Å². The normalized spacial score (nSPS) is 14.7. The van der Waals surface area contributed by atoms with Gasteiger partial charge in [-0.1, -0.05) is 47.7 Å². The van der Waals surface area contributed by atoms with Gasteiger partial charge in [-0.25, -0.2) is 4.68 Å². The lowest BCUT2D eigenvalue weighted by atomic mass is 10.2. The molecule has 7 nitrogen and oxygen atoms in total. The fourth-order valence-electron chi connectivity index (χ4n) is 3.16. The summed E-state index contributed by atoms with van der Waals surface area (Å²) in [6, 6.07) is 17.9. The summed E-state index contributed by atoms with van der Waals surface area (Å²) in [7, 11) is 0. The van der Waals surface area contributed by atoms with Crippen LogP contribution in [0.4, 0.5) is 5.69 Å². The van der Waals surface area contributed by atoms with Crippen molar-refractivity contribution in [3.05, 3.63) is 77.6 Å². The Balaban J connectivity index is 1.33. The highest BCUT2D eigenvalue weighted by Crippen LogP contribution is 2.13. The lowest BCUT2D eigenvalue weighted by Crippen LogP contribution is -2.35. The molecule has 0 atom stereocenters. The number of nitrogens with one attached hydrogen (secondary N) is 1. The van der Waals surface area contributed by atoms with E-state index >= 15 is 0 Å². The van der Waals surface area contributed by atoms with Gasteiger partial charge >= 0.3 is 0 Å². The lowest BCUT2D eigenvalue weighted by Gasteiger charge is -2.26. The molecule has 0 spiro atoms. The van der Waals surface area contributed by atoms with E-state index in [0.29, 0.717) is 12.2 Å². The summed E-state index contributed by atoms with van der Waals surface area (Å²) in [4.78, 5) is 14.8. The van der Waals surface area contributed by atoms with Crippen LogP contribution in [0.15, 0.2) is 60.8 Å². The third-order valence-corrected chi connectivity index (χ3v) is 4.68. The zero-order valence-electron chi connectivity index (χ0n) is 15.6. The Morgan fingerprint density at radius 1 is 0.964 bits per heavy atom. The van der Waals surface area contributed by atoms with Crippen molar-refractivity contribution >= 4 is 11.6 Å². The molecule has 4 rings (SSSR count). The highest BCUT2D eigenvalue weighted by atomic mass is 16.5. The van der Waals surface area contributed by atoms with Crippen molar-refractivity contribution in [2.45, 2.75) is 13.1 Å². The molecule has 0 aliphatic carbocycles. The molecule has 1 aromatic heterocycles. The van der Waals surface area contributed by atoms with Gasteiger partial charge in [0, 0.05) is 25.3 Å². The van der Waals surface area contributed by atoms with Gasteiger partial charge in [-0.15, -0.1) is 5.10 Å². The average Bonchev–Trinajstić information content (AvgIpc) is 3.20. The predicted octanol–water partition coefficient (Wildman–Crippen LogP) is 2.41. The summed E-state index contributed by atoms with van der Waals surface area (Å²) < 4.78 is 7.04. The van der Waals surface area contributed by atoms with Crippen LogP contribution in [0.3, 0.4) is 0 Å². The fourth-order valence-corrected chi connectivity index (χ4v) is 3.16. The monoisotopic (exact) mass is 377 g/mol. The number of hydrogen-bond acceptors (Lipinski definition) is 5. The smallest absolute Gasteiger partial charge is 0.277 e. The minimum absolute atomic E-state index is 0.264. The molecule has 1 fully saturated rings. The Hall–Kier alpha value is -3.03. The van der Waals surface area contributed by atoms with Gasteiger partial charge in [0.1, 0.15) is 0 Å². The Morgan fingerprint density at radius 3 is 2.43 bits per heavy atom. The van der Waals surface area contributed by atoms with Crippen LogP contribution in [0.2, 0.25) is 0 Å². The first-order valence-corrected chi connectivity index (χ1v) is 9.41. The van der Waals surface area contributed by atoms with E-state index in [1.807, 2.05) is 54.6 Å². The molecule has 0 bridgehead atoms. The van der Waals surface area contributed by atoms with E-state index in [9.17, 15) is 4.79 Å². The van der Waals surface area contributed by atoms with E-state index in [4.69, 9.17) is 4.74 Å². The fraction of sp³-hybridized carbons (Fsp3) is 0.286. The predicted molar refractivity (Wildman–Crippen MR) is 106 cm³/mol. The van der Waals surface area contributed by atoms with Crippen molar-refractivity contribution < 1.29 is 9.53 Å². The van der Waals surface area contributed by atoms with Gasteiger partial charge in [-0.3, -0.25) is 9.69 Å². The van der Waals surface area contributed by atoms with E-state index in [1.54, 1.807) is 10.9 Å². The van der Waals surface area contributed by atoms with Crippen LogP contribution in [0.25, 0.3) is 0 Å². The number of benzene rings is 2. The number of aromatic nitrogens is 3. The van der Waals surface area contributed by atoms with Gasteiger partial charge in [0.15, 0.2) is 5.69 Å². The molecule has 1 aliphatic rings. The van der Waals surface area contributed by atoms with Crippen molar-refractivity contribution in [2.24, 2.45) is 0 Å². The molecule has 3 aromatic rings. The van der Waals surface area contributed by atoms with Crippen molar-refractivity contribution in [1.29, 1.82) is 0 Å². The quantitative estimate of drug-likeness (QED) is 0.714. The van der Waals surface area contributed by atoms with E-state index in [1.165, 1.54) is 5.56 Å². The maximum absolute atomic E-state index is 12.4. The molecule has 28 heavy (non-hydrogen) atoms. The average molecular weight is 377 g/mol. The number of anilines is 1. The third-order valence-electron chi connectivity index (χ3n) is 4.68. The summed E-state index contributed by atoms with van der Waals surface area (Å²) in [5.74, 6) is -0.264. The van der Waals surface area contributed by atoms with Gasteiger partial charge < -0.3 is 10.1 Å². The second kappa shape index (κ2) is 8.77. The number of rotatable bonds is 6. The molecule has 1 amide bonds. The van der Waals surface area contributed by atoms with Crippen LogP contribution in [-0.2, 0) is 17.8 Å². The van der Waals surface area contributed by atoms with Crippen molar-refractivity contribution in [1.82, 2.24) is 19.9 Å². The number of nitrogens with zero attached hydrogens (tertiary/aromatic N) is 4. The number of hydrogen-bond donors (Lipinski definition) is 1. The van der Waals surface area contributed by atoms with E-state index < -0.39 is 0 Å². The number of carbonyl (C=O) groups excluding carboxylic acids is 1. The molecule has 0 unspecified atom stereocenters. The number of morpholine rings is 1. The molecule has 7 heteroatoms. The first-order chi connectivity index (χ1) is 13.8. The first kappa shape index (κ1) is 18.3. The van der Waals surface area contributed by atoms with Crippen molar-refractivity contribution in [3.8, 4) is 0 Å². The molecule has 2 aromatic carbocycles. The van der Waals surface area contributed by atoms with Crippen LogP contribution in [-0.4, -0.2) is 52.1 Å². The van der Waals surface area contributed by atoms with Crippen LogP contribution in [0.1, 0.15) is 21.6 Å². The van der Waals surface area contributed by atoms with Gasteiger partial charge in [-0.2, -0.15) is 0 Å². The molecule has 1 N–H and O–H groups in total. The molecule has 2 heterocycles. The summed E-state index contributed by atoms with van der Waals surface area (Å²) in [5.41, 5.74) is 3.37. The van der Waals surface area contributed by atoms with Crippen LogP contribution < -0.4 is 5.32 Å².